The Kier molecular flexibility index (Phi) is 3.16. The van der Waals surface area contributed by atoms with Crippen LogP contribution in [0, 0.1) is 11.8 Å². The summed E-state index contributed by atoms with van der Waals surface area (Å²) >= 11 is 0. The SMILES string of the molecule is CC(C)CCC1(N)CCC(C)C1. The molecule has 0 spiro atoms. The van der Waals surface area contributed by atoms with E-state index in [2.05, 4.69) is 20.8 Å². The molecule has 0 radical (unpaired) electrons. The molecular formula is C11H23N. The van der Waals surface area contributed by atoms with E-state index in [1.807, 2.05) is 0 Å². The third-order valence-corrected chi connectivity index (χ3v) is 3.11. The molecule has 0 saturated heterocycles. The molecule has 1 aliphatic rings. The maximum absolute atomic E-state index is 6.30. The molecule has 1 fully saturated rings. The lowest BCUT2D eigenvalue weighted by Gasteiger charge is -2.24. The van der Waals surface area contributed by atoms with Gasteiger partial charge in [-0.3, -0.25) is 0 Å². The predicted octanol–water partition coefficient (Wildman–Crippen LogP) is 2.94. The van der Waals surface area contributed by atoms with Gasteiger partial charge in [-0.2, -0.15) is 0 Å². The number of rotatable bonds is 3. The summed E-state index contributed by atoms with van der Waals surface area (Å²) in [5, 5.41) is 0. The minimum Gasteiger partial charge on any atom is -0.325 e. The average molecular weight is 169 g/mol. The fraction of sp³-hybridized carbons (Fsp3) is 1.00. The van der Waals surface area contributed by atoms with Crippen LogP contribution in [-0.4, -0.2) is 5.54 Å². The van der Waals surface area contributed by atoms with Crippen molar-refractivity contribution < 1.29 is 0 Å². The Balaban J connectivity index is 2.30. The van der Waals surface area contributed by atoms with Crippen LogP contribution in [0.2, 0.25) is 0 Å². The van der Waals surface area contributed by atoms with Gasteiger partial charge in [0.2, 0.25) is 0 Å². The molecule has 1 nitrogen and oxygen atoms in total. The zero-order valence-electron chi connectivity index (χ0n) is 8.77. The molecule has 1 rings (SSSR count). The predicted molar refractivity (Wildman–Crippen MR) is 54.0 cm³/mol. The first-order valence-electron chi connectivity index (χ1n) is 5.31. The van der Waals surface area contributed by atoms with Gasteiger partial charge in [0, 0.05) is 5.54 Å². The van der Waals surface area contributed by atoms with E-state index in [0.717, 1.165) is 11.8 Å². The minimum atomic E-state index is 0.198. The third kappa shape index (κ3) is 2.78. The highest BCUT2D eigenvalue weighted by molar-refractivity contribution is 4.91. The van der Waals surface area contributed by atoms with Crippen LogP contribution in [0.5, 0.6) is 0 Å². The Morgan fingerprint density at radius 3 is 2.58 bits per heavy atom. The summed E-state index contributed by atoms with van der Waals surface area (Å²) in [6.45, 7) is 6.88. The first-order valence-corrected chi connectivity index (χ1v) is 5.31. The highest BCUT2D eigenvalue weighted by Gasteiger charge is 2.32. The van der Waals surface area contributed by atoms with Crippen LogP contribution >= 0.6 is 0 Å². The van der Waals surface area contributed by atoms with Crippen molar-refractivity contribution in [3.8, 4) is 0 Å². The molecule has 0 bridgehead atoms. The van der Waals surface area contributed by atoms with E-state index in [1.165, 1.54) is 32.1 Å². The Hall–Kier alpha value is -0.0400. The summed E-state index contributed by atoms with van der Waals surface area (Å²) in [5.41, 5.74) is 6.50. The maximum Gasteiger partial charge on any atom is 0.0157 e. The van der Waals surface area contributed by atoms with Crippen LogP contribution in [0.3, 0.4) is 0 Å². The zero-order chi connectivity index (χ0) is 9.19. The van der Waals surface area contributed by atoms with Crippen molar-refractivity contribution in [3.05, 3.63) is 0 Å². The van der Waals surface area contributed by atoms with Crippen molar-refractivity contribution >= 4 is 0 Å². The molecular weight excluding hydrogens is 146 g/mol. The molecule has 0 aliphatic heterocycles. The molecule has 1 saturated carbocycles. The standard InChI is InChI=1S/C11H23N/c1-9(2)4-6-11(12)7-5-10(3)8-11/h9-10H,4-8,12H2,1-3H3. The fourth-order valence-corrected chi connectivity index (χ4v) is 2.24. The van der Waals surface area contributed by atoms with Gasteiger partial charge < -0.3 is 5.73 Å². The Morgan fingerprint density at radius 1 is 1.50 bits per heavy atom. The first-order chi connectivity index (χ1) is 5.52. The third-order valence-electron chi connectivity index (χ3n) is 3.11. The van der Waals surface area contributed by atoms with Gasteiger partial charge in [-0.15, -0.1) is 0 Å². The second-order valence-corrected chi connectivity index (χ2v) is 5.14. The molecule has 72 valence electrons. The van der Waals surface area contributed by atoms with Crippen LogP contribution in [0.1, 0.15) is 52.9 Å². The molecule has 0 heterocycles. The van der Waals surface area contributed by atoms with Crippen LogP contribution in [0.25, 0.3) is 0 Å². The Labute approximate surface area is 76.7 Å². The highest BCUT2D eigenvalue weighted by Crippen LogP contribution is 2.35. The minimum absolute atomic E-state index is 0.198. The van der Waals surface area contributed by atoms with Crippen LogP contribution in [-0.2, 0) is 0 Å². The Morgan fingerprint density at radius 2 is 2.17 bits per heavy atom. The van der Waals surface area contributed by atoms with E-state index in [9.17, 15) is 0 Å². The Bertz CT molecular complexity index is 142. The lowest BCUT2D eigenvalue weighted by atomic mass is 9.89. The fourth-order valence-electron chi connectivity index (χ4n) is 2.24. The quantitative estimate of drug-likeness (QED) is 0.690. The molecule has 0 aromatic rings. The van der Waals surface area contributed by atoms with Gasteiger partial charge in [-0.25, -0.2) is 0 Å². The molecule has 0 aromatic carbocycles. The first kappa shape index (κ1) is 10.0. The van der Waals surface area contributed by atoms with Crippen LogP contribution in [0.4, 0.5) is 0 Å². The van der Waals surface area contributed by atoms with E-state index in [4.69, 9.17) is 5.73 Å². The van der Waals surface area contributed by atoms with E-state index < -0.39 is 0 Å². The number of hydrogen-bond acceptors (Lipinski definition) is 1. The van der Waals surface area contributed by atoms with Crippen LogP contribution < -0.4 is 5.73 Å². The summed E-state index contributed by atoms with van der Waals surface area (Å²) in [6.07, 6.45) is 6.37. The molecule has 1 heteroatoms. The molecule has 2 N–H and O–H groups in total. The summed E-state index contributed by atoms with van der Waals surface area (Å²) < 4.78 is 0. The summed E-state index contributed by atoms with van der Waals surface area (Å²) in [6, 6.07) is 0. The lowest BCUT2D eigenvalue weighted by Crippen LogP contribution is -2.36. The molecule has 1 aliphatic carbocycles. The van der Waals surface area contributed by atoms with Crippen molar-refractivity contribution in [1.82, 2.24) is 0 Å². The monoisotopic (exact) mass is 169 g/mol. The van der Waals surface area contributed by atoms with E-state index >= 15 is 0 Å². The van der Waals surface area contributed by atoms with E-state index in [1.54, 1.807) is 0 Å². The summed E-state index contributed by atoms with van der Waals surface area (Å²) in [5.74, 6) is 1.67. The summed E-state index contributed by atoms with van der Waals surface area (Å²) in [4.78, 5) is 0. The molecule has 12 heavy (non-hydrogen) atoms. The van der Waals surface area contributed by atoms with Gasteiger partial charge in [-0.05, 0) is 43.9 Å². The van der Waals surface area contributed by atoms with Gasteiger partial charge in [0.15, 0.2) is 0 Å². The largest absolute Gasteiger partial charge is 0.325 e. The zero-order valence-corrected chi connectivity index (χ0v) is 8.77. The van der Waals surface area contributed by atoms with Gasteiger partial charge in [0.05, 0.1) is 0 Å². The van der Waals surface area contributed by atoms with Crippen molar-refractivity contribution in [3.63, 3.8) is 0 Å². The number of nitrogens with two attached hydrogens (primary N) is 1. The maximum atomic E-state index is 6.30. The van der Waals surface area contributed by atoms with Gasteiger partial charge in [-0.1, -0.05) is 20.8 Å². The van der Waals surface area contributed by atoms with Crippen molar-refractivity contribution in [1.29, 1.82) is 0 Å². The second kappa shape index (κ2) is 3.78. The van der Waals surface area contributed by atoms with Crippen molar-refractivity contribution in [2.45, 2.75) is 58.4 Å². The van der Waals surface area contributed by atoms with E-state index in [-0.39, 0.29) is 5.54 Å². The second-order valence-electron chi connectivity index (χ2n) is 5.14. The van der Waals surface area contributed by atoms with Gasteiger partial charge >= 0.3 is 0 Å². The topological polar surface area (TPSA) is 26.0 Å². The van der Waals surface area contributed by atoms with Crippen molar-refractivity contribution in [2.75, 3.05) is 0 Å². The van der Waals surface area contributed by atoms with Gasteiger partial charge in [0.1, 0.15) is 0 Å². The lowest BCUT2D eigenvalue weighted by molar-refractivity contribution is 0.355. The normalized spacial score (nSPS) is 36.2. The molecule has 0 aromatic heterocycles. The summed E-state index contributed by atoms with van der Waals surface area (Å²) in [7, 11) is 0. The van der Waals surface area contributed by atoms with Crippen LogP contribution in [0.15, 0.2) is 0 Å². The molecule has 2 unspecified atom stereocenters. The molecule has 0 amide bonds. The smallest absolute Gasteiger partial charge is 0.0157 e. The van der Waals surface area contributed by atoms with Gasteiger partial charge in [0.25, 0.3) is 0 Å². The van der Waals surface area contributed by atoms with E-state index in [0.29, 0.717) is 0 Å². The average Bonchev–Trinajstić information content (AvgIpc) is 2.29. The number of hydrogen-bond donors (Lipinski definition) is 1. The molecule has 2 atom stereocenters. The van der Waals surface area contributed by atoms with Crippen molar-refractivity contribution in [2.24, 2.45) is 17.6 Å². The highest BCUT2D eigenvalue weighted by atomic mass is 14.8.